The number of rotatable bonds is 3. The second kappa shape index (κ2) is 7.85. The van der Waals surface area contributed by atoms with Crippen molar-refractivity contribution in [1.29, 1.82) is 0 Å². The standard InChI is InChI=1S/C13H17BrN2O2.ClH/c14-11-3-1-10(2-4-11)7-13(17)16-5-6-18-12(8-15)9-16;/h1-4,12H,5-9,15H2;1H. The number of hydrogen-bond acceptors (Lipinski definition) is 3. The van der Waals surface area contributed by atoms with E-state index in [9.17, 15) is 4.79 Å². The molecular weight excluding hydrogens is 332 g/mol. The molecule has 1 heterocycles. The van der Waals surface area contributed by atoms with Gasteiger partial charge in [-0.2, -0.15) is 0 Å². The van der Waals surface area contributed by atoms with Gasteiger partial charge in [-0.15, -0.1) is 12.4 Å². The molecule has 1 aromatic carbocycles. The molecule has 0 aliphatic carbocycles. The second-order valence-corrected chi connectivity index (χ2v) is 5.29. The number of ether oxygens (including phenoxy) is 1. The number of morpholine rings is 1. The number of halogens is 2. The molecule has 1 amide bonds. The van der Waals surface area contributed by atoms with E-state index in [2.05, 4.69) is 15.9 Å². The van der Waals surface area contributed by atoms with Crippen molar-refractivity contribution in [3.05, 3.63) is 34.3 Å². The molecule has 0 spiro atoms. The van der Waals surface area contributed by atoms with Crippen LogP contribution in [0.4, 0.5) is 0 Å². The molecule has 2 rings (SSSR count). The van der Waals surface area contributed by atoms with Gasteiger partial charge in [-0.3, -0.25) is 4.79 Å². The quantitative estimate of drug-likeness (QED) is 0.902. The first-order chi connectivity index (χ1) is 8.69. The van der Waals surface area contributed by atoms with Crippen LogP contribution in [0.2, 0.25) is 0 Å². The van der Waals surface area contributed by atoms with Crippen molar-refractivity contribution >= 4 is 34.2 Å². The number of benzene rings is 1. The van der Waals surface area contributed by atoms with E-state index >= 15 is 0 Å². The highest BCUT2D eigenvalue weighted by atomic mass is 79.9. The Balaban J connectivity index is 0.00000180. The molecule has 2 N–H and O–H groups in total. The van der Waals surface area contributed by atoms with Crippen molar-refractivity contribution < 1.29 is 9.53 Å². The molecule has 0 aromatic heterocycles. The number of carbonyl (C=O) groups is 1. The zero-order valence-corrected chi connectivity index (χ0v) is 13.0. The van der Waals surface area contributed by atoms with Gasteiger partial charge in [0.05, 0.1) is 19.1 Å². The highest BCUT2D eigenvalue weighted by Crippen LogP contribution is 2.12. The Hall–Kier alpha value is -0.620. The summed E-state index contributed by atoms with van der Waals surface area (Å²) in [6.07, 6.45) is 0.414. The Labute approximate surface area is 127 Å². The average Bonchev–Trinajstić information content (AvgIpc) is 2.41. The minimum Gasteiger partial charge on any atom is -0.373 e. The van der Waals surface area contributed by atoms with Gasteiger partial charge in [0.25, 0.3) is 0 Å². The van der Waals surface area contributed by atoms with E-state index in [1.54, 1.807) is 0 Å². The fourth-order valence-corrected chi connectivity index (χ4v) is 2.24. The Morgan fingerprint density at radius 1 is 1.42 bits per heavy atom. The van der Waals surface area contributed by atoms with E-state index in [0.717, 1.165) is 10.0 Å². The lowest BCUT2D eigenvalue weighted by molar-refractivity contribution is -0.137. The monoisotopic (exact) mass is 348 g/mol. The molecule has 4 nitrogen and oxygen atoms in total. The molecular formula is C13H18BrClN2O2. The van der Waals surface area contributed by atoms with Gasteiger partial charge in [0.2, 0.25) is 5.91 Å². The fraction of sp³-hybridized carbons (Fsp3) is 0.462. The van der Waals surface area contributed by atoms with Gasteiger partial charge in [-0.25, -0.2) is 0 Å². The number of carbonyl (C=O) groups excluding carboxylic acids is 1. The smallest absolute Gasteiger partial charge is 0.227 e. The van der Waals surface area contributed by atoms with Crippen LogP contribution in [0.25, 0.3) is 0 Å². The molecule has 0 radical (unpaired) electrons. The third kappa shape index (κ3) is 4.76. The summed E-state index contributed by atoms with van der Waals surface area (Å²) in [5.41, 5.74) is 6.59. The van der Waals surface area contributed by atoms with Gasteiger partial charge >= 0.3 is 0 Å². The lowest BCUT2D eigenvalue weighted by atomic mass is 10.1. The van der Waals surface area contributed by atoms with E-state index in [-0.39, 0.29) is 24.4 Å². The van der Waals surface area contributed by atoms with E-state index in [1.807, 2.05) is 29.2 Å². The predicted molar refractivity (Wildman–Crippen MR) is 80.5 cm³/mol. The van der Waals surface area contributed by atoms with E-state index in [0.29, 0.717) is 32.7 Å². The molecule has 106 valence electrons. The molecule has 1 fully saturated rings. The summed E-state index contributed by atoms with van der Waals surface area (Å²) in [4.78, 5) is 14.0. The van der Waals surface area contributed by atoms with E-state index in [1.165, 1.54) is 0 Å². The zero-order valence-electron chi connectivity index (χ0n) is 10.5. The highest BCUT2D eigenvalue weighted by Gasteiger charge is 2.23. The maximum atomic E-state index is 12.1. The van der Waals surface area contributed by atoms with Gasteiger partial charge in [0.15, 0.2) is 0 Å². The highest BCUT2D eigenvalue weighted by molar-refractivity contribution is 9.10. The summed E-state index contributed by atoms with van der Waals surface area (Å²) in [5.74, 6) is 0.138. The third-order valence-electron chi connectivity index (χ3n) is 3.02. The number of amides is 1. The minimum absolute atomic E-state index is 0. The topological polar surface area (TPSA) is 55.6 Å². The van der Waals surface area contributed by atoms with Gasteiger partial charge in [-0.1, -0.05) is 28.1 Å². The fourth-order valence-electron chi connectivity index (χ4n) is 1.98. The second-order valence-electron chi connectivity index (χ2n) is 4.37. The molecule has 1 atom stereocenters. The van der Waals surface area contributed by atoms with Crippen molar-refractivity contribution in [3.8, 4) is 0 Å². The first kappa shape index (κ1) is 16.4. The van der Waals surface area contributed by atoms with Crippen molar-refractivity contribution in [2.75, 3.05) is 26.2 Å². The molecule has 0 bridgehead atoms. The van der Waals surface area contributed by atoms with Gasteiger partial charge < -0.3 is 15.4 Å². The summed E-state index contributed by atoms with van der Waals surface area (Å²) in [6, 6.07) is 7.82. The van der Waals surface area contributed by atoms with Crippen LogP contribution >= 0.6 is 28.3 Å². The van der Waals surface area contributed by atoms with Gasteiger partial charge in [0, 0.05) is 24.1 Å². The van der Waals surface area contributed by atoms with Crippen LogP contribution in [0.1, 0.15) is 5.56 Å². The maximum Gasteiger partial charge on any atom is 0.227 e. The molecule has 1 aromatic rings. The van der Waals surface area contributed by atoms with E-state index in [4.69, 9.17) is 10.5 Å². The lowest BCUT2D eigenvalue weighted by Crippen LogP contribution is -2.48. The Morgan fingerprint density at radius 3 is 2.74 bits per heavy atom. The molecule has 1 unspecified atom stereocenters. The number of nitrogens with zero attached hydrogens (tertiary/aromatic N) is 1. The zero-order chi connectivity index (χ0) is 13.0. The van der Waals surface area contributed by atoms with Crippen LogP contribution in [0.15, 0.2) is 28.7 Å². The summed E-state index contributed by atoms with van der Waals surface area (Å²) < 4.78 is 6.47. The lowest BCUT2D eigenvalue weighted by Gasteiger charge is -2.32. The predicted octanol–water partition coefficient (Wildman–Crippen LogP) is 1.60. The summed E-state index contributed by atoms with van der Waals surface area (Å²) >= 11 is 3.38. The molecule has 0 saturated carbocycles. The Bertz CT molecular complexity index is 414. The minimum atomic E-state index is -0.0207. The van der Waals surface area contributed by atoms with Gasteiger partial charge in [0.1, 0.15) is 0 Å². The van der Waals surface area contributed by atoms with E-state index < -0.39 is 0 Å². The normalized spacial score (nSPS) is 18.8. The molecule has 1 aliphatic rings. The van der Waals surface area contributed by atoms with Crippen LogP contribution in [0.5, 0.6) is 0 Å². The van der Waals surface area contributed by atoms with Crippen molar-refractivity contribution in [3.63, 3.8) is 0 Å². The van der Waals surface area contributed by atoms with Crippen LogP contribution in [-0.4, -0.2) is 43.2 Å². The average molecular weight is 350 g/mol. The van der Waals surface area contributed by atoms with Crippen molar-refractivity contribution in [1.82, 2.24) is 4.90 Å². The van der Waals surface area contributed by atoms with Crippen LogP contribution in [0, 0.1) is 0 Å². The summed E-state index contributed by atoms with van der Waals surface area (Å²) in [6.45, 7) is 2.30. The first-order valence-electron chi connectivity index (χ1n) is 6.03. The van der Waals surface area contributed by atoms with Crippen LogP contribution in [-0.2, 0) is 16.0 Å². The third-order valence-corrected chi connectivity index (χ3v) is 3.55. The Morgan fingerprint density at radius 2 is 2.11 bits per heavy atom. The number of hydrogen-bond donors (Lipinski definition) is 1. The van der Waals surface area contributed by atoms with Crippen LogP contribution in [0.3, 0.4) is 0 Å². The molecule has 1 aliphatic heterocycles. The molecule has 19 heavy (non-hydrogen) atoms. The largest absolute Gasteiger partial charge is 0.373 e. The van der Waals surface area contributed by atoms with Crippen molar-refractivity contribution in [2.24, 2.45) is 5.73 Å². The molecule has 6 heteroatoms. The first-order valence-corrected chi connectivity index (χ1v) is 6.82. The Kier molecular flexibility index (Phi) is 6.79. The SMILES string of the molecule is Cl.NCC1CN(C(=O)Cc2ccc(Br)cc2)CCO1. The number of nitrogens with two attached hydrogens (primary N) is 1. The van der Waals surface area contributed by atoms with Crippen molar-refractivity contribution in [2.45, 2.75) is 12.5 Å². The summed E-state index contributed by atoms with van der Waals surface area (Å²) in [7, 11) is 0. The maximum absolute atomic E-state index is 12.1. The molecule has 1 saturated heterocycles. The van der Waals surface area contributed by atoms with Gasteiger partial charge in [-0.05, 0) is 17.7 Å². The summed E-state index contributed by atoms with van der Waals surface area (Å²) in [5, 5.41) is 0. The van der Waals surface area contributed by atoms with Crippen LogP contribution < -0.4 is 5.73 Å².